The van der Waals surface area contributed by atoms with Crippen LogP contribution in [0.25, 0.3) is 10.9 Å². The third-order valence-electron chi connectivity index (χ3n) is 6.75. The third kappa shape index (κ3) is 3.42. The van der Waals surface area contributed by atoms with Crippen LogP contribution in [0.15, 0.2) is 77.3 Å². The van der Waals surface area contributed by atoms with Gasteiger partial charge in [-0.25, -0.2) is 4.79 Å². The smallest absolute Gasteiger partial charge is 0.336 e. The molecule has 0 saturated heterocycles. The normalized spacial score (nSPS) is 20.5. The molecule has 0 radical (unpaired) electrons. The van der Waals surface area contributed by atoms with Crippen molar-refractivity contribution in [1.82, 2.24) is 10.3 Å². The van der Waals surface area contributed by atoms with Gasteiger partial charge < -0.3 is 19.8 Å². The van der Waals surface area contributed by atoms with Gasteiger partial charge in [0, 0.05) is 52.3 Å². The lowest BCUT2D eigenvalue weighted by atomic mass is 9.71. The summed E-state index contributed by atoms with van der Waals surface area (Å²) < 4.78 is 10.7. The summed E-state index contributed by atoms with van der Waals surface area (Å²) in [7, 11) is 3.02. The number of ketones is 1. The summed E-state index contributed by atoms with van der Waals surface area (Å²) in [4.78, 5) is 29.8. The van der Waals surface area contributed by atoms with Crippen LogP contribution in [-0.4, -0.2) is 31.0 Å². The minimum Gasteiger partial charge on any atom is -0.496 e. The van der Waals surface area contributed by atoms with Crippen LogP contribution in [0, 0.1) is 0 Å². The van der Waals surface area contributed by atoms with Crippen LogP contribution < -0.4 is 10.1 Å². The van der Waals surface area contributed by atoms with Crippen LogP contribution in [0.4, 0.5) is 0 Å². The monoisotopic (exact) mass is 442 g/mol. The summed E-state index contributed by atoms with van der Waals surface area (Å²) in [6.07, 6.45) is 2.89. The Labute approximate surface area is 192 Å². The molecule has 6 heteroatoms. The maximum Gasteiger partial charge on any atom is 0.336 e. The van der Waals surface area contributed by atoms with E-state index >= 15 is 0 Å². The number of hydrogen-bond acceptors (Lipinski definition) is 5. The lowest BCUT2D eigenvalue weighted by Crippen LogP contribution is -2.36. The number of H-pyrrole nitrogens is 1. The van der Waals surface area contributed by atoms with E-state index in [0.29, 0.717) is 29.7 Å². The van der Waals surface area contributed by atoms with Crippen LogP contribution in [0.1, 0.15) is 42.7 Å². The van der Waals surface area contributed by atoms with Gasteiger partial charge in [0.2, 0.25) is 0 Å². The molecule has 0 fully saturated rings. The van der Waals surface area contributed by atoms with Gasteiger partial charge in [-0.15, -0.1) is 0 Å². The quantitative estimate of drug-likeness (QED) is 0.572. The number of aromatic nitrogens is 1. The Hall–Kier alpha value is -3.80. The SMILES string of the molecule is COC(=O)C1=C(C)NC2=C(C(=O)C[C@H](c3ccccc3OC)C2)[C@@H]1c1cccc2[nH]ccc12. The Balaban J connectivity index is 1.66. The van der Waals surface area contributed by atoms with Crippen molar-refractivity contribution in [3.63, 3.8) is 0 Å². The van der Waals surface area contributed by atoms with E-state index in [4.69, 9.17) is 9.47 Å². The first kappa shape index (κ1) is 21.1. The number of dihydropyridines is 1. The standard InChI is InChI=1S/C27H26N2O4/c1-15-24(27(31)33-3)25(19-8-6-9-20-18(19)11-12-28-20)26-21(29-15)13-16(14-22(26)30)17-7-4-5-10-23(17)32-2/h4-12,16,25,28-29H,13-14H2,1-3H3/t16-,25-/m1/s1. The van der Waals surface area contributed by atoms with Crippen LogP contribution in [-0.2, 0) is 14.3 Å². The van der Waals surface area contributed by atoms with Crippen molar-refractivity contribution in [2.45, 2.75) is 31.6 Å². The number of nitrogens with one attached hydrogen (secondary N) is 2. The molecule has 33 heavy (non-hydrogen) atoms. The van der Waals surface area contributed by atoms with E-state index in [1.807, 2.05) is 61.7 Å². The van der Waals surface area contributed by atoms with Crippen molar-refractivity contribution in [3.8, 4) is 5.75 Å². The summed E-state index contributed by atoms with van der Waals surface area (Å²) in [5, 5.41) is 4.37. The number of ether oxygens (including phenoxy) is 2. The van der Waals surface area contributed by atoms with Gasteiger partial charge >= 0.3 is 5.97 Å². The van der Waals surface area contributed by atoms with E-state index in [2.05, 4.69) is 10.3 Å². The number of benzene rings is 2. The van der Waals surface area contributed by atoms with Gasteiger partial charge in [0.05, 0.1) is 19.8 Å². The zero-order chi connectivity index (χ0) is 23.1. The minimum atomic E-state index is -0.487. The second-order valence-electron chi connectivity index (χ2n) is 8.54. The van der Waals surface area contributed by atoms with Crippen LogP contribution >= 0.6 is 0 Å². The molecule has 5 rings (SSSR count). The molecule has 0 saturated carbocycles. The fourth-order valence-electron chi connectivity index (χ4n) is 5.32. The molecule has 2 heterocycles. The molecule has 1 aliphatic heterocycles. The summed E-state index contributed by atoms with van der Waals surface area (Å²) in [6, 6.07) is 15.8. The Morgan fingerprint density at radius 2 is 1.79 bits per heavy atom. The number of carbonyl (C=O) groups is 2. The van der Waals surface area contributed by atoms with Crippen molar-refractivity contribution < 1.29 is 19.1 Å². The van der Waals surface area contributed by atoms with E-state index in [0.717, 1.165) is 33.5 Å². The van der Waals surface area contributed by atoms with E-state index in [-0.39, 0.29) is 11.7 Å². The third-order valence-corrected chi connectivity index (χ3v) is 6.75. The molecule has 1 aromatic heterocycles. The highest BCUT2D eigenvalue weighted by Gasteiger charge is 2.42. The van der Waals surface area contributed by atoms with Gasteiger partial charge in [-0.1, -0.05) is 30.3 Å². The van der Waals surface area contributed by atoms with E-state index < -0.39 is 11.9 Å². The summed E-state index contributed by atoms with van der Waals surface area (Å²) in [6.45, 7) is 1.87. The molecule has 2 aliphatic rings. The Morgan fingerprint density at radius 1 is 1.00 bits per heavy atom. The molecule has 3 aromatic rings. The van der Waals surface area contributed by atoms with E-state index in [1.54, 1.807) is 7.11 Å². The first-order valence-electron chi connectivity index (χ1n) is 11.0. The molecular weight excluding hydrogens is 416 g/mol. The highest BCUT2D eigenvalue weighted by molar-refractivity contribution is 6.05. The van der Waals surface area contributed by atoms with Gasteiger partial charge in [0.25, 0.3) is 0 Å². The first-order chi connectivity index (χ1) is 16.0. The molecule has 0 spiro atoms. The van der Waals surface area contributed by atoms with Gasteiger partial charge in [0.1, 0.15) is 5.75 Å². The lowest BCUT2D eigenvalue weighted by molar-refractivity contribution is -0.136. The Kier molecular flexibility index (Phi) is 5.29. The number of rotatable bonds is 4. The number of fused-ring (bicyclic) bond motifs is 1. The maximum atomic E-state index is 13.7. The minimum absolute atomic E-state index is 0.00363. The molecule has 0 unspecified atom stereocenters. The number of hydrogen-bond donors (Lipinski definition) is 2. The number of allylic oxidation sites excluding steroid dienone is 3. The number of Topliss-reactive ketones (excluding diaryl/α,β-unsaturated/α-hetero) is 1. The fourth-order valence-corrected chi connectivity index (χ4v) is 5.32. The van der Waals surface area contributed by atoms with Crippen molar-refractivity contribution >= 4 is 22.7 Å². The van der Waals surface area contributed by atoms with E-state index in [1.165, 1.54) is 7.11 Å². The summed E-state index contributed by atoms with van der Waals surface area (Å²) >= 11 is 0. The molecule has 0 amide bonds. The van der Waals surface area contributed by atoms with Crippen molar-refractivity contribution in [1.29, 1.82) is 0 Å². The topological polar surface area (TPSA) is 80.4 Å². The van der Waals surface area contributed by atoms with E-state index in [9.17, 15) is 9.59 Å². The lowest BCUT2D eigenvalue weighted by Gasteiger charge is -2.37. The number of carbonyl (C=O) groups excluding carboxylic acids is 2. The molecule has 0 bridgehead atoms. The second kappa shape index (κ2) is 8.28. The Morgan fingerprint density at radius 3 is 2.58 bits per heavy atom. The number of para-hydroxylation sites is 1. The molecule has 2 N–H and O–H groups in total. The van der Waals surface area contributed by atoms with Crippen LogP contribution in [0.5, 0.6) is 5.75 Å². The molecule has 2 aromatic carbocycles. The summed E-state index contributed by atoms with van der Waals surface area (Å²) in [5.41, 5.74) is 5.62. The number of methoxy groups -OCH3 is 2. The molecule has 2 atom stereocenters. The van der Waals surface area contributed by atoms with Crippen molar-refractivity contribution in [2.24, 2.45) is 0 Å². The first-order valence-corrected chi connectivity index (χ1v) is 11.0. The largest absolute Gasteiger partial charge is 0.496 e. The predicted octanol–water partition coefficient (Wildman–Crippen LogP) is 4.71. The summed E-state index contributed by atoms with van der Waals surface area (Å²) in [5.74, 6) is -0.100. The zero-order valence-corrected chi connectivity index (χ0v) is 18.9. The average Bonchev–Trinajstić information content (AvgIpc) is 3.31. The van der Waals surface area contributed by atoms with Crippen molar-refractivity contribution in [3.05, 3.63) is 88.4 Å². The fraction of sp³-hybridized carbons (Fsp3) is 0.259. The molecule has 1 aliphatic carbocycles. The zero-order valence-electron chi connectivity index (χ0n) is 18.9. The molecule has 6 nitrogen and oxygen atoms in total. The van der Waals surface area contributed by atoms with Gasteiger partial charge in [-0.3, -0.25) is 4.79 Å². The van der Waals surface area contributed by atoms with Gasteiger partial charge in [-0.2, -0.15) is 0 Å². The van der Waals surface area contributed by atoms with Crippen LogP contribution in [0.3, 0.4) is 0 Å². The predicted molar refractivity (Wildman–Crippen MR) is 126 cm³/mol. The number of aromatic amines is 1. The van der Waals surface area contributed by atoms with Crippen LogP contribution in [0.2, 0.25) is 0 Å². The Bertz CT molecular complexity index is 1330. The highest BCUT2D eigenvalue weighted by Crippen LogP contribution is 2.47. The highest BCUT2D eigenvalue weighted by atomic mass is 16.5. The van der Waals surface area contributed by atoms with Gasteiger partial charge in [0.15, 0.2) is 5.78 Å². The maximum absolute atomic E-state index is 13.7. The number of esters is 1. The van der Waals surface area contributed by atoms with Gasteiger partial charge in [-0.05, 0) is 42.7 Å². The molecule has 168 valence electrons. The second-order valence-corrected chi connectivity index (χ2v) is 8.54. The van der Waals surface area contributed by atoms with Crippen molar-refractivity contribution in [2.75, 3.05) is 14.2 Å². The average molecular weight is 443 g/mol. The molecular formula is C27H26N2O4.